The predicted molar refractivity (Wildman–Crippen MR) is 40.9 cm³/mol. The molecule has 0 saturated heterocycles. The van der Waals surface area contributed by atoms with Crippen LogP contribution in [0.2, 0.25) is 0 Å². The van der Waals surface area contributed by atoms with Crippen molar-refractivity contribution in [3.63, 3.8) is 0 Å². The minimum atomic E-state index is -0.478. The van der Waals surface area contributed by atoms with E-state index >= 15 is 0 Å². The van der Waals surface area contributed by atoms with Crippen LogP contribution in [-0.2, 0) is 4.79 Å². The Morgan fingerprint density at radius 1 is 1.64 bits per heavy atom. The summed E-state index contributed by atoms with van der Waals surface area (Å²) < 4.78 is 0. The summed E-state index contributed by atoms with van der Waals surface area (Å²) in [5.74, 6) is -0.478. The highest BCUT2D eigenvalue weighted by Gasteiger charge is 2.06. The summed E-state index contributed by atoms with van der Waals surface area (Å²) in [5, 5.41) is 8.26. The molecular formula is C8H9NO2. The van der Waals surface area contributed by atoms with Crippen LogP contribution in [-0.4, -0.2) is 11.1 Å². The molecule has 0 bridgehead atoms. The lowest BCUT2D eigenvalue weighted by atomic mass is 10.0. The third-order valence-electron chi connectivity index (χ3n) is 1.45. The predicted octanol–water partition coefficient (Wildman–Crippen LogP) is 0.934. The van der Waals surface area contributed by atoms with Gasteiger partial charge in [0.15, 0.2) is 0 Å². The molecule has 1 amide bonds. The number of hydrogen-bond donors (Lipinski definition) is 2. The maximum Gasteiger partial charge on any atom is 0.274 e. The van der Waals surface area contributed by atoms with E-state index in [0.29, 0.717) is 12.0 Å². The highest BCUT2D eigenvalue weighted by atomic mass is 16.5. The molecule has 11 heavy (non-hydrogen) atoms. The number of hydrogen-bond acceptors (Lipinski definition) is 2. The van der Waals surface area contributed by atoms with E-state index in [9.17, 15) is 4.79 Å². The smallest absolute Gasteiger partial charge is 0.274 e. The number of nitrogens with one attached hydrogen (secondary N) is 1. The molecule has 0 fully saturated rings. The molecule has 0 aromatic carbocycles. The van der Waals surface area contributed by atoms with E-state index in [2.05, 4.69) is 6.58 Å². The van der Waals surface area contributed by atoms with Crippen LogP contribution in [0, 0.1) is 0 Å². The molecule has 0 unspecified atom stereocenters. The Bertz CT molecular complexity index is 251. The highest BCUT2D eigenvalue weighted by molar-refractivity contribution is 5.95. The first-order valence-electron chi connectivity index (χ1n) is 3.24. The van der Waals surface area contributed by atoms with Gasteiger partial charge in [-0.05, 0) is 12.5 Å². The Kier molecular flexibility index (Phi) is 2.23. The first-order valence-corrected chi connectivity index (χ1v) is 3.24. The van der Waals surface area contributed by atoms with Gasteiger partial charge in [0, 0.05) is 5.57 Å². The zero-order valence-corrected chi connectivity index (χ0v) is 6.00. The average Bonchev–Trinajstić information content (AvgIpc) is 2.05. The second-order valence-electron chi connectivity index (χ2n) is 2.30. The van der Waals surface area contributed by atoms with Gasteiger partial charge in [0.2, 0.25) is 0 Å². The van der Waals surface area contributed by atoms with Gasteiger partial charge in [-0.3, -0.25) is 10.0 Å². The summed E-state index contributed by atoms with van der Waals surface area (Å²) in [7, 11) is 0. The third kappa shape index (κ3) is 1.78. The van der Waals surface area contributed by atoms with Crippen molar-refractivity contribution in [2.24, 2.45) is 0 Å². The Balaban J connectivity index is 2.70. The van der Waals surface area contributed by atoms with Crippen LogP contribution in [0.25, 0.3) is 0 Å². The van der Waals surface area contributed by atoms with Crippen molar-refractivity contribution >= 4 is 5.91 Å². The zero-order valence-electron chi connectivity index (χ0n) is 6.00. The lowest BCUT2D eigenvalue weighted by Crippen LogP contribution is -2.20. The van der Waals surface area contributed by atoms with Crippen LogP contribution in [0.15, 0.2) is 36.0 Å². The number of carbonyl (C=O) groups is 1. The molecule has 0 saturated carbocycles. The maximum absolute atomic E-state index is 10.8. The van der Waals surface area contributed by atoms with Gasteiger partial charge in [0.05, 0.1) is 0 Å². The van der Waals surface area contributed by atoms with Gasteiger partial charge >= 0.3 is 0 Å². The van der Waals surface area contributed by atoms with Gasteiger partial charge < -0.3 is 0 Å². The molecule has 0 aromatic heterocycles. The number of amides is 1. The molecule has 1 aliphatic rings. The summed E-state index contributed by atoms with van der Waals surface area (Å²) in [4.78, 5) is 10.8. The fourth-order valence-electron chi connectivity index (χ4n) is 0.818. The van der Waals surface area contributed by atoms with Gasteiger partial charge in [-0.15, -0.1) is 0 Å². The maximum atomic E-state index is 10.8. The summed E-state index contributed by atoms with van der Waals surface area (Å²) >= 11 is 0. The first-order chi connectivity index (χ1) is 5.24. The number of rotatable bonds is 1. The van der Waals surface area contributed by atoms with E-state index in [1.54, 1.807) is 23.7 Å². The number of carbonyl (C=O) groups excluding carboxylic acids is 1. The Morgan fingerprint density at radius 2 is 2.36 bits per heavy atom. The van der Waals surface area contributed by atoms with E-state index in [1.807, 2.05) is 0 Å². The SMILES string of the molecule is C=C1C=CC(C(=O)NO)=CC1. The molecule has 0 atom stereocenters. The molecule has 3 nitrogen and oxygen atoms in total. The fraction of sp³-hybridized carbons (Fsp3) is 0.125. The monoisotopic (exact) mass is 151 g/mol. The summed E-state index contributed by atoms with van der Waals surface area (Å²) in [6.45, 7) is 3.71. The highest BCUT2D eigenvalue weighted by Crippen LogP contribution is 2.12. The van der Waals surface area contributed by atoms with Crippen molar-refractivity contribution in [2.45, 2.75) is 6.42 Å². The van der Waals surface area contributed by atoms with Gasteiger partial charge in [-0.25, -0.2) is 5.48 Å². The Hall–Kier alpha value is -1.35. The Labute approximate surface area is 64.7 Å². The molecular weight excluding hydrogens is 142 g/mol. The molecule has 0 radical (unpaired) electrons. The second-order valence-corrected chi connectivity index (χ2v) is 2.30. The van der Waals surface area contributed by atoms with Crippen LogP contribution < -0.4 is 5.48 Å². The lowest BCUT2D eigenvalue weighted by Gasteiger charge is -2.05. The standard InChI is InChI=1S/C8H9NO2/c1-6-2-4-7(5-3-6)8(10)9-11/h2,4-5,11H,1,3H2,(H,9,10). The van der Waals surface area contributed by atoms with E-state index in [4.69, 9.17) is 5.21 Å². The van der Waals surface area contributed by atoms with Crippen LogP contribution in [0.4, 0.5) is 0 Å². The van der Waals surface area contributed by atoms with Gasteiger partial charge in [-0.1, -0.05) is 24.3 Å². The van der Waals surface area contributed by atoms with Crippen LogP contribution in [0.1, 0.15) is 6.42 Å². The van der Waals surface area contributed by atoms with E-state index in [0.717, 1.165) is 5.57 Å². The molecule has 3 heteroatoms. The zero-order chi connectivity index (χ0) is 8.27. The Morgan fingerprint density at radius 3 is 2.82 bits per heavy atom. The third-order valence-corrected chi connectivity index (χ3v) is 1.45. The van der Waals surface area contributed by atoms with E-state index < -0.39 is 5.91 Å². The molecule has 1 rings (SSSR count). The van der Waals surface area contributed by atoms with Crippen molar-refractivity contribution in [2.75, 3.05) is 0 Å². The van der Waals surface area contributed by atoms with Crippen molar-refractivity contribution in [3.05, 3.63) is 36.0 Å². The molecule has 0 aliphatic heterocycles. The van der Waals surface area contributed by atoms with E-state index in [-0.39, 0.29) is 0 Å². The van der Waals surface area contributed by atoms with Crippen LogP contribution in [0.5, 0.6) is 0 Å². The van der Waals surface area contributed by atoms with Crippen LogP contribution in [0.3, 0.4) is 0 Å². The van der Waals surface area contributed by atoms with Gasteiger partial charge in [-0.2, -0.15) is 0 Å². The van der Waals surface area contributed by atoms with Crippen molar-refractivity contribution in [1.82, 2.24) is 5.48 Å². The van der Waals surface area contributed by atoms with Crippen molar-refractivity contribution in [3.8, 4) is 0 Å². The lowest BCUT2D eigenvalue weighted by molar-refractivity contribution is -0.124. The van der Waals surface area contributed by atoms with Crippen LogP contribution >= 0.6 is 0 Å². The average molecular weight is 151 g/mol. The summed E-state index contributed by atoms with van der Waals surface area (Å²) in [6.07, 6.45) is 5.76. The van der Waals surface area contributed by atoms with Gasteiger partial charge in [0.25, 0.3) is 5.91 Å². The quantitative estimate of drug-likeness (QED) is 0.432. The first kappa shape index (κ1) is 7.75. The summed E-state index contributed by atoms with van der Waals surface area (Å²) in [6, 6.07) is 0. The molecule has 0 aromatic rings. The van der Waals surface area contributed by atoms with Crippen molar-refractivity contribution in [1.29, 1.82) is 0 Å². The topological polar surface area (TPSA) is 49.3 Å². The van der Waals surface area contributed by atoms with Gasteiger partial charge in [0.1, 0.15) is 0 Å². The fourth-order valence-corrected chi connectivity index (χ4v) is 0.818. The largest absolute Gasteiger partial charge is 0.288 e. The molecule has 0 heterocycles. The molecule has 1 aliphatic carbocycles. The second kappa shape index (κ2) is 3.16. The normalized spacial score (nSPS) is 16.1. The summed E-state index contributed by atoms with van der Waals surface area (Å²) in [5.41, 5.74) is 2.99. The minimum absolute atomic E-state index is 0.472. The number of allylic oxidation sites excluding steroid dienone is 3. The number of hydroxylamine groups is 1. The molecule has 0 spiro atoms. The van der Waals surface area contributed by atoms with E-state index in [1.165, 1.54) is 0 Å². The van der Waals surface area contributed by atoms with Crippen molar-refractivity contribution < 1.29 is 10.0 Å². The minimum Gasteiger partial charge on any atom is -0.288 e. The molecule has 58 valence electrons. The molecule has 2 N–H and O–H groups in total.